The Labute approximate surface area is 433 Å². The molecule has 8 rings (SSSR count). The molecular formula is C60H50N4O11. The fraction of sp³-hybridized carbons (Fsp3) is 0.133. The van der Waals surface area contributed by atoms with E-state index in [1.165, 1.54) is 48.5 Å². The minimum Gasteiger partial charge on any atom is -0.494 e. The van der Waals surface area contributed by atoms with E-state index in [1.807, 2.05) is 98.8 Å². The first-order valence-corrected chi connectivity index (χ1v) is 23.9. The molecule has 8 aromatic rings. The highest BCUT2D eigenvalue weighted by molar-refractivity contribution is 5.93. The second kappa shape index (κ2) is 26.2. The van der Waals surface area contributed by atoms with E-state index in [4.69, 9.17) is 33.2 Å². The summed E-state index contributed by atoms with van der Waals surface area (Å²) < 4.78 is 40.2. The SMILES string of the molecule is CCOc1ccc(N=Nc2ccc(C(=O)Oc3ccc(C(=O)O[C@@H](COC[C@@H](OC(=O)c4ccc(OC(=O)c5ccc(N=Nc6ccc(OCC)cc6)cc5)cc4)c4ccccc4)c4ccccc4)cc3)cc2)cc1. The van der Waals surface area contributed by atoms with Crippen LogP contribution in [-0.4, -0.2) is 50.3 Å². The minimum absolute atomic E-state index is 0.0786. The van der Waals surface area contributed by atoms with Gasteiger partial charge in [-0.05, 0) is 171 Å². The molecule has 0 spiro atoms. The van der Waals surface area contributed by atoms with E-state index in [0.717, 1.165) is 11.5 Å². The summed E-state index contributed by atoms with van der Waals surface area (Å²) in [5.41, 5.74) is 4.76. The number of carbonyl (C=O) groups excluding carboxylic acids is 4. The molecule has 0 radical (unpaired) electrons. The maximum Gasteiger partial charge on any atom is 0.343 e. The topological polar surface area (TPSA) is 182 Å². The van der Waals surface area contributed by atoms with Gasteiger partial charge in [-0.25, -0.2) is 19.2 Å². The first kappa shape index (κ1) is 51.7. The van der Waals surface area contributed by atoms with Gasteiger partial charge in [-0.2, -0.15) is 20.5 Å². The average Bonchev–Trinajstić information content (AvgIpc) is 3.45. The van der Waals surface area contributed by atoms with Gasteiger partial charge in [0.05, 0.1) is 71.4 Å². The quantitative estimate of drug-likeness (QED) is 0.0358. The molecule has 0 bridgehead atoms. The van der Waals surface area contributed by atoms with E-state index >= 15 is 0 Å². The molecule has 0 aliphatic heterocycles. The van der Waals surface area contributed by atoms with Gasteiger partial charge in [0.1, 0.15) is 23.0 Å². The van der Waals surface area contributed by atoms with Gasteiger partial charge in [0.25, 0.3) is 0 Å². The maximum absolute atomic E-state index is 13.6. The number of carbonyl (C=O) groups is 4. The maximum atomic E-state index is 13.6. The summed E-state index contributed by atoms with van der Waals surface area (Å²) >= 11 is 0. The number of hydrogen-bond donors (Lipinski definition) is 0. The van der Waals surface area contributed by atoms with Gasteiger partial charge >= 0.3 is 23.9 Å². The van der Waals surface area contributed by atoms with Crippen molar-refractivity contribution in [3.63, 3.8) is 0 Å². The number of esters is 4. The molecule has 0 saturated heterocycles. The van der Waals surface area contributed by atoms with Crippen molar-refractivity contribution in [1.29, 1.82) is 0 Å². The van der Waals surface area contributed by atoms with Gasteiger partial charge in [0.15, 0.2) is 12.2 Å². The normalized spacial score (nSPS) is 11.9. The molecule has 376 valence electrons. The molecule has 0 aliphatic carbocycles. The largest absolute Gasteiger partial charge is 0.494 e. The number of nitrogens with zero attached hydrogens (tertiary/aromatic N) is 4. The number of hydrogen-bond acceptors (Lipinski definition) is 15. The van der Waals surface area contributed by atoms with Crippen LogP contribution < -0.4 is 18.9 Å². The third-order valence-corrected chi connectivity index (χ3v) is 11.0. The zero-order valence-electron chi connectivity index (χ0n) is 40.9. The Morgan fingerprint density at radius 3 is 0.947 bits per heavy atom. The van der Waals surface area contributed by atoms with Crippen LogP contribution in [0, 0.1) is 0 Å². The number of ether oxygens (including phenoxy) is 7. The van der Waals surface area contributed by atoms with Crippen molar-refractivity contribution in [3.8, 4) is 23.0 Å². The van der Waals surface area contributed by atoms with Gasteiger partial charge < -0.3 is 33.2 Å². The fourth-order valence-corrected chi connectivity index (χ4v) is 7.17. The lowest BCUT2D eigenvalue weighted by Crippen LogP contribution is -2.21. The van der Waals surface area contributed by atoms with Crippen LogP contribution in [0.1, 0.15) is 78.6 Å². The Bertz CT molecular complexity index is 2970. The molecule has 0 aromatic heterocycles. The summed E-state index contributed by atoms with van der Waals surface area (Å²) in [5.74, 6) is -0.546. The van der Waals surface area contributed by atoms with Gasteiger partial charge in [0.2, 0.25) is 0 Å². The number of azo groups is 2. The van der Waals surface area contributed by atoms with Crippen LogP contribution in [-0.2, 0) is 14.2 Å². The highest BCUT2D eigenvalue weighted by Crippen LogP contribution is 2.28. The number of rotatable bonds is 22. The molecule has 15 heteroatoms. The summed E-state index contributed by atoms with van der Waals surface area (Å²) in [6.45, 7) is 4.81. The molecule has 0 fully saturated rings. The van der Waals surface area contributed by atoms with Gasteiger partial charge in [-0.15, -0.1) is 0 Å². The smallest absolute Gasteiger partial charge is 0.343 e. The molecule has 2 atom stereocenters. The summed E-state index contributed by atoms with van der Waals surface area (Å²) in [5, 5.41) is 16.9. The Kier molecular flexibility index (Phi) is 18.1. The lowest BCUT2D eigenvalue weighted by Gasteiger charge is -2.22. The molecule has 75 heavy (non-hydrogen) atoms. The zero-order valence-corrected chi connectivity index (χ0v) is 40.9. The van der Waals surface area contributed by atoms with Crippen molar-refractivity contribution >= 4 is 46.6 Å². The fourth-order valence-electron chi connectivity index (χ4n) is 7.17. The van der Waals surface area contributed by atoms with Crippen LogP contribution >= 0.6 is 0 Å². The predicted octanol–water partition coefficient (Wildman–Crippen LogP) is 14.3. The molecular weight excluding hydrogens is 953 g/mol. The molecule has 0 N–H and O–H groups in total. The molecule has 0 amide bonds. The molecule has 0 heterocycles. The Hall–Kier alpha value is -9.60. The third-order valence-electron chi connectivity index (χ3n) is 11.0. The highest BCUT2D eigenvalue weighted by Gasteiger charge is 2.23. The second-order valence-corrected chi connectivity index (χ2v) is 16.3. The van der Waals surface area contributed by atoms with Crippen LogP contribution in [0.3, 0.4) is 0 Å². The van der Waals surface area contributed by atoms with E-state index in [0.29, 0.717) is 58.2 Å². The van der Waals surface area contributed by atoms with Gasteiger partial charge in [-0.3, -0.25) is 0 Å². The minimum atomic E-state index is -0.847. The van der Waals surface area contributed by atoms with Crippen molar-refractivity contribution in [3.05, 3.63) is 240 Å². The average molecular weight is 1000 g/mol. The van der Waals surface area contributed by atoms with E-state index in [2.05, 4.69) is 20.5 Å². The zero-order chi connectivity index (χ0) is 52.2. The van der Waals surface area contributed by atoms with Crippen LogP contribution in [0.25, 0.3) is 0 Å². The lowest BCUT2D eigenvalue weighted by atomic mass is 10.1. The summed E-state index contributed by atoms with van der Waals surface area (Å²) in [6.07, 6.45) is -1.69. The van der Waals surface area contributed by atoms with Crippen molar-refractivity contribution < 1.29 is 52.3 Å². The summed E-state index contributed by atoms with van der Waals surface area (Å²) in [6, 6.07) is 57.6. The first-order valence-electron chi connectivity index (χ1n) is 23.9. The number of benzene rings is 8. The molecule has 8 aromatic carbocycles. The first-order chi connectivity index (χ1) is 36.7. The van der Waals surface area contributed by atoms with Crippen molar-refractivity contribution in [2.75, 3.05) is 26.4 Å². The van der Waals surface area contributed by atoms with E-state index in [-0.39, 0.29) is 35.8 Å². The monoisotopic (exact) mass is 1000 g/mol. The Morgan fingerprint density at radius 2 is 0.627 bits per heavy atom. The van der Waals surface area contributed by atoms with Gasteiger partial charge in [0, 0.05) is 0 Å². The van der Waals surface area contributed by atoms with Crippen LogP contribution in [0.5, 0.6) is 23.0 Å². The van der Waals surface area contributed by atoms with E-state index < -0.39 is 36.1 Å². The molecule has 0 unspecified atom stereocenters. The summed E-state index contributed by atoms with van der Waals surface area (Å²) in [4.78, 5) is 53.1. The Balaban J connectivity index is 0.832. The summed E-state index contributed by atoms with van der Waals surface area (Å²) in [7, 11) is 0. The lowest BCUT2D eigenvalue weighted by molar-refractivity contribution is -0.0363. The third kappa shape index (κ3) is 15.2. The van der Waals surface area contributed by atoms with Crippen molar-refractivity contribution in [2.24, 2.45) is 20.5 Å². The second-order valence-electron chi connectivity index (χ2n) is 16.3. The van der Waals surface area contributed by atoms with Crippen molar-refractivity contribution in [1.82, 2.24) is 0 Å². The van der Waals surface area contributed by atoms with E-state index in [1.54, 1.807) is 72.8 Å². The van der Waals surface area contributed by atoms with Crippen LogP contribution in [0.2, 0.25) is 0 Å². The molecule has 0 saturated carbocycles. The van der Waals surface area contributed by atoms with Crippen molar-refractivity contribution in [2.45, 2.75) is 26.1 Å². The highest BCUT2D eigenvalue weighted by atomic mass is 16.6. The molecule has 15 nitrogen and oxygen atoms in total. The molecule has 0 aliphatic rings. The van der Waals surface area contributed by atoms with Crippen LogP contribution in [0.15, 0.2) is 227 Å². The predicted molar refractivity (Wildman–Crippen MR) is 279 cm³/mol. The van der Waals surface area contributed by atoms with Crippen LogP contribution in [0.4, 0.5) is 22.7 Å². The van der Waals surface area contributed by atoms with E-state index in [9.17, 15) is 19.2 Å². The standard InChI is InChI=1S/C60H50N4O11/c1-3-70-51-35-27-49(28-36-51)63-61-47-23-15-43(16-24-47)57(65)72-53-31-19-45(20-32-53)59(67)74-55(41-11-7-5-8-12-41)39-69-40-56(42-13-9-6-10-14-42)75-60(68)46-21-33-54(34-22-46)73-58(66)44-17-25-48(26-18-44)62-64-50-29-37-52(38-30-50)71-4-2/h5-38,55-56H,3-4,39-40H2,1-2H3/t55-,56+. The van der Waals surface area contributed by atoms with Gasteiger partial charge in [-0.1, -0.05) is 60.7 Å². The Morgan fingerprint density at radius 1 is 0.347 bits per heavy atom.